The molecule has 1 fully saturated rings. The van der Waals surface area contributed by atoms with Gasteiger partial charge in [-0.3, -0.25) is 62.5 Å². The lowest BCUT2D eigenvalue weighted by Gasteiger charge is -2.31. The summed E-state index contributed by atoms with van der Waals surface area (Å²) in [4.78, 5) is 202. The zero-order chi connectivity index (χ0) is 95.8. The van der Waals surface area contributed by atoms with Crippen molar-refractivity contribution in [1.29, 1.82) is 0 Å². The standard InChI is InChI=1S/C40H41N5O10.C30H45N7O7.C21H37N5O6/c1-8-23-24-15-22(10-11-29(24)41-33-25(23)17-45-30(33)16-28-27(36(45)48)19-53-37(49)40(28,52)9-2)55-39(51)43(6)13-12-42(5)38(50)54-18-26-21(4)44(7)34-31(46)14-20(3)35(47)32(26)34;1-3-4-5-7-23-29(44)37-22(8-6-13-33-30(31)32)28(43)34-17-26(41)35-24(14-18(2)38)25(40)16-20(27(42)36-23)15-19-9-11-21(39)12-10-19;1-3-20(28)23-9-11-30-13-15-32-16-14-31-12-10-26-17-18(24-25-26)7-8-19(27)5-4-6-21(29)22-2/h10-11,14-16,52H,8-9,12-13,17-19H2,1-7H3;9-12,20,22-24,39H,3-8,13-17H2,1-2H3,(H,34,43)(H,35,41)(H,36,42)(H,37,44)(H4,31,32,33);17H,3-16H2,1-2H3,(H,22,29)(H,23,28)/t40-;20-,22-,23?,24-;/m00./s1. The van der Waals surface area contributed by atoms with Crippen molar-refractivity contribution in [3.63, 3.8) is 0 Å². The molecular weight excluding hydrogens is 1700 g/mol. The Hall–Kier alpha value is -13.0. The van der Waals surface area contributed by atoms with Crippen LogP contribution in [-0.2, 0) is 130 Å². The molecule has 0 radical (unpaired) electrons. The second-order valence-electron chi connectivity index (χ2n) is 32.3. The molecule has 0 saturated carbocycles. The number of cyclic esters (lactones) is 1. The second-order valence-corrected chi connectivity index (χ2v) is 32.3. The molecule has 131 heavy (non-hydrogen) atoms. The monoisotopic (exact) mass is 1820 g/mol. The third kappa shape index (κ3) is 29.3. The first-order chi connectivity index (χ1) is 62.5. The number of hydrogen-bond acceptors (Lipinski definition) is 27. The van der Waals surface area contributed by atoms with E-state index in [-0.39, 0.29) is 152 Å². The number of aliphatic imine (C=N–C) groups is 1. The minimum Gasteiger partial charge on any atom is -0.508 e. The van der Waals surface area contributed by atoms with Gasteiger partial charge in [-0.1, -0.05) is 64.3 Å². The largest absolute Gasteiger partial charge is 0.508 e. The van der Waals surface area contributed by atoms with E-state index in [1.165, 1.54) is 42.0 Å². The number of phenolic OH excluding ortho intramolecular Hbond substituents is 1. The lowest BCUT2D eigenvalue weighted by molar-refractivity contribution is -0.172. The van der Waals surface area contributed by atoms with E-state index in [1.54, 1.807) is 99.1 Å². The van der Waals surface area contributed by atoms with E-state index < -0.39 is 83.8 Å². The van der Waals surface area contributed by atoms with Gasteiger partial charge in [-0.2, -0.15) is 0 Å². The maximum atomic E-state index is 13.7. The van der Waals surface area contributed by atoms with Crippen LogP contribution in [0.5, 0.6) is 11.5 Å². The highest BCUT2D eigenvalue weighted by atomic mass is 16.6. The molecule has 4 aromatic heterocycles. The van der Waals surface area contributed by atoms with Gasteiger partial charge in [-0.05, 0) is 126 Å². The number of guanidine groups is 1. The van der Waals surface area contributed by atoms with Crippen molar-refractivity contribution in [2.45, 2.75) is 208 Å². The van der Waals surface area contributed by atoms with Crippen LogP contribution in [0.25, 0.3) is 22.3 Å². The van der Waals surface area contributed by atoms with Gasteiger partial charge in [-0.15, -0.1) is 5.10 Å². The third-order valence-corrected chi connectivity index (χ3v) is 22.7. The van der Waals surface area contributed by atoms with E-state index in [4.69, 9.17) is 44.9 Å². The van der Waals surface area contributed by atoms with Crippen LogP contribution in [-0.4, -0.2) is 249 Å². The summed E-state index contributed by atoms with van der Waals surface area (Å²) in [5.41, 5.74) is 15.8. The topological polar surface area (TPSA) is 548 Å². The molecule has 1 unspecified atom stereocenters. The summed E-state index contributed by atoms with van der Waals surface area (Å²) >= 11 is 0. The quantitative estimate of drug-likeness (QED) is 0.0111. The van der Waals surface area contributed by atoms with Gasteiger partial charge in [0.15, 0.2) is 23.1 Å². The number of fused-ring (bicyclic) bond motifs is 6. The molecule has 40 nitrogen and oxygen atoms in total. The number of likely N-dealkylation sites (N-methyl/N-ethyl adjacent to an activating group) is 2. The molecule has 8 amide bonds. The summed E-state index contributed by atoms with van der Waals surface area (Å²) in [5.74, 6) is -5.42. The molecule has 10 rings (SSSR count). The maximum absolute atomic E-state index is 13.7. The Balaban J connectivity index is 0.000000252. The summed E-state index contributed by atoms with van der Waals surface area (Å²) < 4.78 is 37.6. The van der Waals surface area contributed by atoms with Crippen molar-refractivity contribution in [2.24, 2.45) is 29.4 Å². The van der Waals surface area contributed by atoms with Gasteiger partial charge >= 0.3 is 18.2 Å². The van der Waals surface area contributed by atoms with E-state index in [2.05, 4.69) is 47.2 Å². The van der Waals surface area contributed by atoms with Gasteiger partial charge in [0.2, 0.25) is 41.2 Å². The molecule has 4 aliphatic rings. The van der Waals surface area contributed by atoms with Crippen LogP contribution in [0.4, 0.5) is 9.59 Å². The van der Waals surface area contributed by atoms with Crippen molar-refractivity contribution >= 4 is 99.4 Å². The van der Waals surface area contributed by atoms with Gasteiger partial charge in [0.05, 0.1) is 99.0 Å². The number of nitrogens with zero attached hydrogens (tertiary/aromatic N) is 9. The van der Waals surface area contributed by atoms with Gasteiger partial charge in [0.25, 0.3) is 5.56 Å². The van der Waals surface area contributed by atoms with E-state index in [0.29, 0.717) is 156 Å². The lowest BCUT2D eigenvalue weighted by atomic mass is 9.86. The Morgan fingerprint density at radius 2 is 1.44 bits per heavy atom. The molecule has 2 aromatic carbocycles. The number of aryl methyl sites for hydroxylation is 2. The number of amides is 8. The predicted molar refractivity (Wildman–Crippen MR) is 478 cm³/mol. The summed E-state index contributed by atoms with van der Waals surface area (Å²) in [6, 6.07) is 9.62. The number of allylic oxidation sites excluding steroid dienone is 2. The van der Waals surface area contributed by atoms with Crippen LogP contribution in [0, 0.1) is 12.8 Å². The van der Waals surface area contributed by atoms with Crippen molar-refractivity contribution in [3.05, 3.63) is 133 Å². The number of nitrogens with two attached hydrogens (primary N) is 2. The van der Waals surface area contributed by atoms with Gasteiger partial charge in [0.1, 0.15) is 54.1 Å². The number of ether oxygens (including phenoxy) is 6. The van der Waals surface area contributed by atoms with Crippen molar-refractivity contribution in [3.8, 4) is 22.9 Å². The number of aliphatic hydroxyl groups is 1. The van der Waals surface area contributed by atoms with Crippen LogP contribution in [0.15, 0.2) is 76.2 Å². The van der Waals surface area contributed by atoms with Crippen LogP contribution < -0.4 is 53.7 Å². The average molecular weight is 1820 g/mol. The molecule has 3 aliphatic heterocycles. The summed E-state index contributed by atoms with van der Waals surface area (Å²) in [6.45, 7) is 15.7. The number of phenols is 1. The first-order valence-electron chi connectivity index (χ1n) is 44.1. The summed E-state index contributed by atoms with van der Waals surface area (Å²) in [6.07, 6.45) is 7.73. The molecule has 5 atom stereocenters. The SMILES string of the molecule is CCC(=O)NCCOCCOCCOCCn1cc(CCC(=O)CCCC(=O)NC)nn1.CCCCCC1NC(=O)[C@@H](Cc2ccc(O)cc2)CC(=O)[C@H](CC(C)=O)NC(=O)CNC(=O)[C@H](CCCN=C(N)N)NC1=O.CCc1c2c(nc3ccc(OC(=O)N(C)CCN(C)C(=O)OCc4c5c(n(C)c4C)C(=O)C=C(C)C5=O)cc13)-c1cc3c(c(=O)n1C2)COC(=O)[C@]3(O)CC. The zero-order valence-corrected chi connectivity index (χ0v) is 76.4. The average Bonchev–Trinajstić information content (AvgIpc) is 1.59. The summed E-state index contributed by atoms with van der Waals surface area (Å²) in [7, 11) is 6.34. The lowest BCUT2D eigenvalue weighted by Crippen LogP contribution is -2.55. The van der Waals surface area contributed by atoms with Crippen molar-refractivity contribution < 1.29 is 106 Å². The Morgan fingerprint density at radius 1 is 0.763 bits per heavy atom. The highest BCUT2D eigenvalue weighted by molar-refractivity contribution is 6.24. The van der Waals surface area contributed by atoms with E-state index in [9.17, 15) is 82.1 Å². The minimum atomic E-state index is -1.93. The minimum absolute atomic E-state index is 0.0187. The highest BCUT2D eigenvalue weighted by Crippen LogP contribution is 2.41. The van der Waals surface area contributed by atoms with Crippen LogP contribution in [0.2, 0.25) is 0 Å². The Bertz CT molecular complexity index is 5260. The van der Waals surface area contributed by atoms with Gasteiger partial charge in [-0.25, -0.2) is 24.0 Å². The smallest absolute Gasteiger partial charge is 0.415 e. The Morgan fingerprint density at radius 3 is 2.11 bits per heavy atom. The number of aromatic nitrogens is 6. The van der Waals surface area contributed by atoms with E-state index in [1.807, 2.05) is 20.0 Å². The number of hydrogen-bond donors (Lipinski definition) is 10. The predicted octanol–water partition coefficient (Wildman–Crippen LogP) is 4.29. The van der Waals surface area contributed by atoms with Crippen LogP contribution in [0.3, 0.4) is 0 Å². The molecule has 1 saturated heterocycles. The van der Waals surface area contributed by atoms with Crippen LogP contribution in [0.1, 0.15) is 197 Å². The normalized spacial score (nSPS) is 17.1. The number of carbonyl (C=O) groups is 14. The highest BCUT2D eigenvalue weighted by Gasteiger charge is 2.46. The second kappa shape index (κ2) is 50.3. The number of aromatic hydroxyl groups is 1. The molecule has 1 aliphatic carbocycles. The molecule has 12 N–H and O–H groups in total. The third-order valence-electron chi connectivity index (χ3n) is 22.7. The fourth-order valence-electron chi connectivity index (χ4n) is 15.1. The number of esters is 1. The van der Waals surface area contributed by atoms with Gasteiger partial charge in [0, 0.05) is 138 Å². The number of rotatable bonds is 40. The molecule has 7 heterocycles. The number of pyridine rings is 2. The maximum Gasteiger partial charge on any atom is 0.415 e. The number of carbonyl (C=O) groups excluding carboxylic acids is 14. The van der Waals surface area contributed by atoms with E-state index >= 15 is 0 Å². The molecule has 0 spiro atoms. The Kier molecular flexibility index (Phi) is 39.7. The first-order valence-corrected chi connectivity index (χ1v) is 44.1. The van der Waals surface area contributed by atoms with Gasteiger partial charge < -0.3 is 101 Å². The fraction of sp³-hybridized carbons (Fsp3) is 0.527. The molecule has 6 aromatic rings. The molecule has 710 valence electrons. The Labute approximate surface area is 758 Å². The number of ketones is 5. The number of Topliss-reactive ketones (excluding diaryl/α,β-unsaturated/α-hetero) is 4. The molecular formula is C91H123N17O23. The number of nitrogens with one attached hydrogen (secondary N) is 6. The number of benzene rings is 2. The molecule has 0 bridgehead atoms. The van der Waals surface area contributed by atoms with E-state index in [0.717, 1.165) is 35.0 Å². The summed E-state index contributed by atoms with van der Waals surface area (Å²) in [5, 5.41) is 45.5. The van der Waals surface area contributed by atoms with Crippen LogP contribution >= 0.6 is 0 Å². The molecule has 40 heteroatoms. The zero-order valence-electron chi connectivity index (χ0n) is 76.4. The van der Waals surface area contributed by atoms with Crippen molar-refractivity contribution in [1.82, 2.24) is 70.8 Å². The fourth-order valence-corrected chi connectivity index (χ4v) is 15.1. The first kappa shape index (κ1) is 103. The van der Waals surface area contributed by atoms with Crippen molar-refractivity contribution in [2.75, 3.05) is 93.5 Å². The number of unbranched alkanes of at least 4 members (excludes halogenated alkanes) is 2.